The maximum Gasteiger partial charge on any atom is 0.408 e. The number of sulfone groups is 1. The molecule has 3 amide bonds. The third kappa shape index (κ3) is 7.88. The van der Waals surface area contributed by atoms with Crippen molar-refractivity contribution >= 4 is 33.7 Å². The van der Waals surface area contributed by atoms with E-state index in [-0.39, 0.29) is 37.3 Å². The quantitative estimate of drug-likeness (QED) is 0.327. The van der Waals surface area contributed by atoms with Gasteiger partial charge in [0.2, 0.25) is 11.8 Å². The zero-order valence-corrected chi connectivity index (χ0v) is 30.4. The highest BCUT2D eigenvalue weighted by Crippen LogP contribution is 2.45. The average molecular weight is 733 g/mol. The molecule has 1 aliphatic carbocycles. The third-order valence-electron chi connectivity index (χ3n) is 9.77. The summed E-state index contributed by atoms with van der Waals surface area (Å²) in [5.41, 5.74) is 0.285. The second-order valence-electron chi connectivity index (χ2n) is 14.9. The number of alkyl carbamates (subject to hydrolysis) is 1. The summed E-state index contributed by atoms with van der Waals surface area (Å²) in [7, 11) is -3.65. The molecule has 3 unspecified atom stereocenters. The van der Waals surface area contributed by atoms with Crippen molar-refractivity contribution in [1.29, 1.82) is 0 Å². The molecule has 14 nitrogen and oxygen atoms in total. The Bertz CT molecular complexity index is 1920. The first-order valence-electron chi connectivity index (χ1n) is 17.4. The van der Waals surface area contributed by atoms with Crippen LogP contribution in [-0.4, -0.2) is 98.6 Å². The second kappa shape index (κ2) is 14.2. The van der Waals surface area contributed by atoms with Crippen LogP contribution in [-0.2, 0) is 29.0 Å². The van der Waals surface area contributed by atoms with E-state index in [9.17, 15) is 32.7 Å². The number of fused-ring (bicyclic) bond motifs is 2. The van der Waals surface area contributed by atoms with E-state index < -0.39 is 74.8 Å². The lowest BCUT2D eigenvalue weighted by Crippen LogP contribution is -2.58. The smallest absolute Gasteiger partial charge is 0.408 e. The van der Waals surface area contributed by atoms with Crippen LogP contribution < -0.4 is 10.6 Å². The summed E-state index contributed by atoms with van der Waals surface area (Å²) >= 11 is 0. The van der Waals surface area contributed by atoms with E-state index in [2.05, 4.69) is 10.6 Å². The topological polar surface area (TPSA) is 190 Å². The summed E-state index contributed by atoms with van der Waals surface area (Å²) in [6.07, 6.45) is 2.20. The Morgan fingerprint density at radius 2 is 1.60 bits per heavy atom. The van der Waals surface area contributed by atoms with Gasteiger partial charge in [0.25, 0.3) is 0 Å². The van der Waals surface area contributed by atoms with E-state index in [0.717, 1.165) is 11.1 Å². The molecule has 15 heteroatoms. The van der Waals surface area contributed by atoms with Crippen LogP contribution in [0.3, 0.4) is 0 Å². The maximum absolute atomic E-state index is 14.6. The van der Waals surface area contributed by atoms with Crippen LogP contribution >= 0.6 is 0 Å². The molecule has 3 aromatic rings. The highest BCUT2D eigenvalue weighted by Gasteiger charge is 2.61. The number of hydrogen-bond donors (Lipinski definition) is 3. The SMILES string of the molecule is CC1CCS(=O)(=O)C/C=C/C2CC2(C(=O)O)NC(=O)[C@@H]2C[C@@H](n3nc(-c4ccccc4)c(-c4ccccc4)n3)CN2C(=O)[C@H]1NC(=O)OC(C)(C)C. The lowest BCUT2D eigenvalue weighted by Gasteiger charge is -2.32. The van der Waals surface area contributed by atoms with Crippen LogP contribution in [0.5, 0.6) is 0 Å². The highest BCUT2D eigenvalue weighted by molar-refractivity contribution is 7.91. The predicted octanol–water partition coefficient (Wildman–Crippen LogP) is 3.62. The zero-order valence-electron chi connectivity index (χ0n) is 29.6. The number of carbonyl (C=O) groups excluding carboxylic acids is 3. The molecule has 1 aromatic heterocycles. The van der Waals surface area contributed by atoms with Crippen LogP contribution in [0, 0.1) is 11.8 Å². The van der Waals surface area contributed by atoms with Crippen molar-refractivity contribution in [3.05, 3.63) is 72.8 Å². The molecular weight excluding hydrogens is 689 g/mol. The number of carbonyl (C=O) groups is 4. The van der Waals surface area contributed by atoms with E-state index >= 15 is 0 Å². The van der Waals surface area contributed by atoms with Gasteiger partial charge in [0.15, 0.2) is 9.84 Å². The largest absolute Gasteiger partial charge is 0.479 e. The van der Waals surface area contributed by atoms with Gasteiger partial charge in [0.1, 0.15) is 34.6 Å². The van der Waals surface area contributed by atoms with Crippen LogP contribution in [0.2, 0.25) is 0 Å². The fourth-order valence-corrected chi connectivity index (χ4v) is 8.15. The van der Waals surface area contributed by atoms with Gasteiger partial charge in [-0.05, 0) is 39.5 Å². The molecule has 6 atom stereocenters. The zero-order chi connectivity index (χ0) is 37.4. The molecule has 3 heterocycles. The third-order valence-corrected chi connectivity index (χ3v) is 11.3. The number of benzene rings is 2. The number of nitrogens with zero attached hydrogens (tertiary/aromatic N) is 4. The molecule has 276 valence electrons. The number of ether oxygens (including phenoxy) is 1. The van der Waals surface area contributed by atoms with Crippen LogP contribution in [0.15, 0.2) is 72.8 Å². The molecule has 6 rings (SSSR count). The Morgan fingerprint density at radius 1 is 1.00 bits per heavy atom. The summed E-state index contributed by atoms with van der Waals surface area (Å²) < 4.78 is 31.5. The van der Waals surface area contributed by atoms with Crippen molar-refractivity contribution in [2.45, 2.75) is 76.2 Å². The Labute approximate surface area is 302 Å². The van der Waals surface area contributed by atoms with Crippen molar-refractivity contribution in [1.82, 2.24) is 30.5 Å². The summed E-state index contributed by atoms with van der Waals surface area (Å²) in [5.74, 6) is -4.52. The lowest BCUT2D eigenvalue weighted by atomic mass is 9.97. The minimum absolute atomic E-state index is 0.0284. The van der Waals surface area contributed by atoms with E-state index in [1.165, 1.54) is 21.8 Å². The maximum atomic E-state index is 14.6. The summed E-state index contributed by atoms with van der Waals surface area (Å²) in [4.78, 5) is 57.2. The monoisotopic (exact) mass is 732 g/mol. The Balaban J connectivity index is 1.40. The number of rotatable bonds is 5. The number of amides is 3. The number of carboxylic acids is 1. The summed E-state index contributed by atoms with van der Waals surface area (Å²) in [6, 6.07) is 16.0. The number of aliphatic carboxylic acids is 1. The number of carboxylic acid groups (broad SMARTS) is 1. The van der Waals surface area contributed by atoms with E-state index in [1.807, 2.05) is 60.7 Å². The van der Waals surface area contributed by atoms with Crippen molar-refractivity contribution in [3.63, 3.8) is 0 Å². The first-order chi connectivity index (χ1) is 24.6. The lowest BCUT2D eigenvalue weighted by molar-refractivity contribution is -0.146. The molecule has 2 aromatic carbocycles. The van der Waals surface area contributed by atoms with Gasteiger partial charge in [-0.1, -0.05) is 79.7 Å². The van der Waals surface area contributed by atoms with E-state index in [1.54, 1.807) is 27.7 Å². The standard InChI is InChI=1S/C37H44N6O8S/c1-23-17-19-52(49,50)18-11-16-26-21-37(26,34(46)47)39-32(44)28-20-27(22-42(28)33(45)29(23)38-35(48)51-36(2,3)4)43-40-30(24-12-7-5-8-13-24)31(41-43)25-14-9-6-10-15-25/h5-16,23,26-29H,17-22H2,1-4H3,(H,38,48)(H,39,44)(H,46,47)/b16-11+/t23?,26?,27-,28+,29+,37?/m1/s1. The Morgan fingerprint density at radius 3 is 2.15 bits per heavy atom. The Kier molecular flexibility index (Phi) is 10.0. The van der Waals surface area contributed by atoms with Gasteiger partial charge >= 0.3 is 12.1 Å². The van der Waals surface area contributed by atoms with Gasteiger partial charge in [-0.25, -0.2) is 18.0 Å². The number of nitrogens with one attached hydrogen (secondary N) is 2. The van der Waals surface area contributed by atoms with Crippen molar-refractivity contribution in [3.8, 4) is 22.5 Å². The van der Waals surface area contributed by atoms with Gasteiger partial charge < -0.3 is 25.4 Å². The second-order valence-corrected chi connectivity index (χ2v) is 17.1. The van der Waals surface area contributed by atoms with E-state index in [4.69, 9.17) is 14.9 Å². The fraction of sp³-hybridized carbons (Fsp3) is 0.459. The van der Waals surface area contributed by atoms with Crippen molar-refractivity contribution < 1.29 is 37.4 Å². The van der Waals surface area contributed by atoms with Gasteiger partial charge in [0.05, 0.1) is 17.5 Å². The predicted molar refractivity (Wildman–Crippen MR) is 191 cm³/mol. The molecule has 2 aliphatic heterocycles. The molecule has 2 fully saturated rings. The summed E-state index contributed by atoms with van der Waals surface area (Å²) in [6.45, 7) is 6.64. The molecule has 0 radical (unpaired) electrons. The molecule has 1 saturated carbocycles. The van der Waals surface area contributed by atoms with Crippen LogP contribution in [0.25, 0.3) is 22.5 Å². The van der Waals surface area contributed by atoms with Crippen molar-refractivity contribution in [2.24, 2.45) is 11.8 Å². The van der Waals surface area contributed by atoms with Gasteiger partial charge in [0, 0.05) is 30.0 Å². The van der Waals surface area contributed by atoms with Crippen LogP contribution in [0.1, 0.15) is 53.0 Å². The normalized spacial score (nSPS) is 28.3. The minimum atomic E-state index is -3.65. The van der Waals surface area contributed by atoms with Gasteiger partial charge in [-0.15, -0.1) is 0 Å². The Hall–Kier alpha value is -5.05. The first-order valence-corrected chi connectivity index (χ1v) is 19.2. The number of hydrogen-bond acceptors (Lipinski definition) is 9. The molecule has 52 heavy (non-hydrogen) atoms. The molecule has 0 spiro atoms. The molecule has 0 bridgehead atoms. The summed E-state index contributed by atoms with van der Waals surface area (Å²) in [5, 5.41) is 25.3. The highest BCUT2D eigenvalue weighted by atomic mass is 32.2. The number of aromatic nitrogens is 3. The average Bonchev–Trinajstić information content (AvgIpc) is 3.40. The molecule has 3 N–H and O–H groups in total. The van der Waals surface area contributed by atoms with Gasteiger partial charge in [-0.3, -0.25) is 9.59 Å². The first kappa shape index (κ1) is 36.7. The fourth-order valence-electron chi connectivity index (χ4n) is 6.85. The van der Waals surface area contributed by atoms with Gasteiger partial charge in [-0.2, -0.15) is 15.0 Å². The van der Waals surface area contributed by atoms with Crippen molar-refractivity contribution in [2.75, 3.05) is 18.1 Å². The van der Waals surface area contributed by atoms with Crippen LogP contribution in [0.4, 0.5) is 4.79 Å². The minimum Gasteiger partial charge on any atom is -0.479 e. The molecule has 3 aliphatic rings. The molecular formula is C37H44N6O8S. The molecule has 1 saturated heterocycles. The van der Waals surface area contributed by atoms with E-state index in [0.29, 0.717) is 11.4 Å².